The van der Waals surface area contributed by atoms with Crippen LogP contribution in [0, 0.1) is 0 Å². The largest absolute Gasteiger partial charge is 0.493 e. The molecule has 0 aromatic heterocycles. The van der Waals surface area contributed by atoms with Crippen molar-refractivity contribution in [2.24, 2.45) is 0 Å². The van der Waals surface area contributed by atoms with Gasteiger partial charge in [0, 0.05) is 10.7 Å². The highest BCUT2D eigenvalue weighted by atomic mass is 35.5. The van der Waals surface area contributed by atoms with Crippen LogP contribution in [-0.2, 0) is 14.3 Å². The fraction of sp³-hybridized carbons (Fsp3) is 0.222. The number of rotatable bonds is 7. The summed E-state index contributed by atoms with van der Waals surface area (Å²) in [6.45, 7) is 1.13. The maximum Gasteiger partial charge on any atom is 0.344 e. The lowest BCUT2D eigenvalue weighted by atomic mass is 10.3. The molecule has 0 radical (unpaired) electrons. The van der Waals surface area contributed by atoms with Crippen LogP contribution in [0.4, 0.5) is 5.69 Å². The number of nitrogens with one attached hydrogen (secondary N) is 1. The lowest BCUT2D eigenvalue weighted by molar-refractivity contribution is -0.155. The number of ether oxygens (including phenoxy) is 3. The molecule has 132 valence electrons. The predicted molar refractivity (Wildman–Crippen MR) is 94.1 cm³/mol. The Morgan fingerprint density at radius 1 is 1.12 bits per heavy atom. The van der Waals surface area contributed by atoms with Crippen LogP contribution in [0.1, 0.15) is 6.92 Å². The molecule has 1 N–H and O–H groups in total. The Hall–Kier alpha value is -2.73. The first-order chi connectivity index (χ1) is 12.0. The van der Waals surface area contributed by atoms with Gasteiger partial charge in [-0.15, -0.1) is 0 Å². The van der Waals surface area contributed by atoms with Crippen LogP contribution < -0.4 is 14.8 Å². The summed E-state index contributed by atoms with van der Waals surface area (Å²) in [5.74, 6) is -0.215. The van der Waals surface area contributed by atoms with Crippen LogP contribution in [0.3, 0.4) is 0 Å². The second-order valence-corrected chi connectivity index (χ2v) is 5.51. The molecule has 2 aromatic carbocycles. The van der Waals surface area contributed by atoms with E-state index in [4.69, 9.17) is 25.8 Å². The summed E-state index contributed by atoms with van der Waals surface area (Å²) in [5.41, 5.74) is 0.519. The van der Waals surface area contributed by atoms with Gasteiger partial charge in [-0.05, 0) is 37.3 Å². The average molecular weight is 364 g/mol. The van der Waals surface area contributed by atoms with Crippen molar-refractivity contribution >= 4 is 29.2 Å². The Morgan fingerprint density at radius 2 is 1.84 bits per heavy atom. The van der Waals surface area contributed by atoms with Crippen LogP contribution in [0.15, 0.2) is 48.5 Å². The molecule has 0 unspecified atom stereocenters. The number of methoxy groups -OCH3 is 1. The predicted octanol–water partition coefficient (Wildman–Crippen LogP) is 3.30. The van der Waals surface area contributed by atoms with Crippen molar-refractivity contribution in [2.45, 2.75) is 13.0 Å². The molecule has 0 fully saturated rings. The topological polar surface area (TPSA) is 73.9 Å². The zero-order chi connectivity index (χ0) is 18.2. The van der Waals surface area contributed by atoms with E-state index in [1.54, 1.807) is 48.5 Å². The molecule has 2 rings (SSSR count). The number of carbonyl (C=O) groups excluding carboxylic acids is 2. The first kappa shape index (κ1) is 18.6. The Labute approximate surface area is 150 Å². The van der Waals surface area contributed by atoms with Gasteiger partial charge >= 0.3 is 5.97 Å². The molecule has 25 heavy (non-hydrogen) atoms. The number of halogens is 1. The zero-order valence-corrected chi connectivity index (χ0v) is 14.6. The Balaban J connectivity index is 1.84. The monoisotopic (exact) mass is 363 g/mol. The van der Waals surface area contributed by atoms with Crippen LogP contribution in [0.25, 0.3) is 0 Å². The summed E-state index contributed by atoms with van der Waals surface area (Å²) in [4.78, 5) is 23.9. The third-order valence-corrected chi connectivity index (χ3v) is 3.42. The maximum atomic E-state index is 12.0. The summed E-state index contributed by atoms with van der Waals surface area (Å²) in [6, 6.07) is 13.6. The fourth-order valence-corrected chi connectivity index (χ4v) is 2.16. The van der Waals surface area contributed by atoms with E-state index in [-0.39, 0.29) is 6.61 Å². The molecule has 0 heterocycles. The minimum atomic E-state index is -0.979. The van der Waals surface area contributed by atoms with Crippen molar-refractivity contribution in [1.29, 1.82) is 0 Å². The van der Waals surface area contributed by atoms with E-state index in [0.717, 1.165) is 0 Å². The molecule has 0 aliphatic heterocycles. The van der Waals surface area contributed by atoms with E-state index >= 15 is 0 Å². The molecule has 1 atom stereocenters. The maximum absolute atomic E-state index is 12.0. The molecule has 0 bridgehead atoms. The van der Waals surface area contributed by atoms with Gasteiger partial charge in [-0.3, -0.25) is 4.79 Å². The number of hydrogen-bond acceptors (Lipinski definition) is 5. The van der Waals surface area contributed by atoms with Gasteiger partial charge in [0.2, 0.25) is 0 Å². The van der Waals surface area contributed by atoms with Crippen LogP contribution in [-0.4, -0.2) is 31.7 Å². The standard InChI is InChI=1S/C18H18ClNO5/c1-12(18(22)20-14-7-5-6-13(19)10-14)25-17(21)11-24-16-9-4-3-8-15(16)23-2/h3-10,12H,11H2,1-2H3,(H,20,22)/t12-/m0/s1. The van der Waals surface area contributed by atoms with Crippen molar-refractivity contribution in [3.63, 3.8) is 0 Å². The molecule has 0 aliphatic carbocycles. The van der Waals surface area contributed by atoms with Gasteiger partial charge in [-0.2, -0.15) is 0 Å². The molecule has 0 aliphatic rings. The van der Waals surface area contributed by atoms with Gasteiger partial charge in [-0.25, -0.2) is 4.79 Å². The lowest BCUT2D eigenvalue weighted by Crippen LogP contribution is -2.31. The van der Waals surface area contributed by atoms with Crippen molar-refractivity contribution < 1.29 is 23.8 Å². The van der Waals surface area contributed by atoms with E-state index in [1.165, 1.54) is 14.0 Å². The van der Waals surface area contributed by atoms with Crippen molar-refractivity contribution in [3.05, 3.63) is 53.6 Å². The molecule has 0 saturated carbocycles. The first-order valence-electron chi connectivity index (χ1n) is 7.51. The van der Waals surface area contributed by atoms with E-state index in [1.807, 2.05) is 0 Å². The number of anilines is 1. The minimum Gasteiger partial charge on any atom is -0.493 e. The highest BCUT2D eigenvalue weighted by molar-refractivity contribution is 6.30. The van der Waals surface area contributed by atoms with Gasteiger partial charge in [-0.1, -0.05) is 29.8 Å². The average Bonchev–Trinajstić information content (AvgIpc) is 2.60. The van der Waals surface area contributed by atoms with Crippen molar-refractivity contribution in [3.8, 4) is 11.5 Å². The normalized spacial score (nSPS) is 11.3. The summed E-state index contributed by atoms with van der Waals surface area (Å²) in [5, 5.41) is 3.11. The van der Waals surface area contributed by atoms with Crippen LogP contribution >= 0.6 is 11.6 Å². The molecule has 0 spiro atoms. The Morgan fingerprint density at radius 3 is 2.52 bits per heavy atom. The third-order valence-electron chi connectivity index (χ3n) is 3.18. The van der Waals surface area contributed by atoms with Gasteiger partial charge in [0.15, 0.2) is 24.2 Å². The first-order valence-corrected chi connectivity index (χ1v) is 7.89. The van der Waals surface area contributed by atoms with Gasteiger partial charge in [0.25, 0.3) is 5.91 Å². The smallest absolute Gasteiger partial charge is 0.344 e. The van der Waals surface area contributed by atoms with Crippen LogP contribution in [0.5, 0.6) is 11.5 Å². The molecule has 0 saturated heterocycles. The van der Waals surface area contributed by atoms with Crippen molar-refractivity contribution in [1.82, 2.24) is 0 Å². The van der Waals surface area contributed by atoms with Gasteiger partial charge in [0.05, 0.1) is 7.11 Å². The van der Waals surface area contributed by atoms with Crippen LogP contribution in [0.2, 0.25) is 5.02 Å². The summed E-state index contributed by atoms with van der Waals surface area (Å²) >= 11 is 5.85. The Bertz CT molecular complexity index is 750. The second kappa shape index (κ2) is 8.94. The van der Waals surface area contributed by atoms with Crippen molar-refractivity contribution in [2.75, 3.05) is 19.0 Å². The number of benzene rings is 2. The molecule has 2 aromatic rings. The highest BCUT2D eigenvalue weighted by Gasteiger charge is 2.18. The zero-order valence-electron chi connectivity index (χ0n) is 13.8. The van der Waals surface area contributed by atoms with E-state index in [2.05, 4.69) is 5.32 Å². The highest BCUT2D eigenvalue weighted by Crippen LogP contribution is 2.25. The number of carbonyl (C=O) groups is 2. The molecule has 6 nitrogen and oxygen atoms in total. The quantitative estimate of drug-likeness (QED) is 0.764. The molecular weight excluding hydrogens is 346 g/mol. The number of hydrogen-bond donors (Lipinski definition) is 1. The number of para-hydroxylation sites is 2. The van der Waals surface area contributed by atoms with E-state index < -0.39 is 18.0 Å². The third kappa shape index (κ3) is 5.69. The SMILES string of the molecule is COc1ccccc1OCC(=O)O[C@@H](C)C(=O)Nc1cccc(Cl)c1. The van der Waals surface area contributed by atoms with E-state index in [0.29, 0.717) is 22.2 Å². The summed E-state index contributed by atoms with van der Waals surface area (Å²) in [7, 11) is 1.50. The molecular formula is C18H18ClNO5. The van der Waals surface area contributed by atoms with Gasteiger partial charge < -0.3 is 19.5 Å². The lowest BCUT2D eigenvalue weighted by Gasteiger charge is -2.14. The summed E-state index contributed by atoms with van der Waals surface area (Å²) < 4.78 is 15.5. The summed E-state index contributed by atoms with van der Waals surface area (Å²) in [6.07, 6.45) is -0.979. The Kier molecular flexibility index (Phi) is 6.65. The second-order valence-electron chi connectivity index (χ2n) is 5.07. The number of esters is 1. The fourth-order valence-electron chi connectivity index (χ4n) is 1.97. The molecule has 7 heteroatoms. The van der Waals surface area contributed by atoms with Gasteiger partial charge in [0.1, 0.15) is 0 Å². The molecule has 1 amide bonds. The van der Waals surface area contributed by atoms with E-state index in [9.17, 15) is 9.59 Å². The minimum absolute atomic E-state index is 0.338. The number of amides is 1.